The Kier molecular flexibility index (Phi) is 6.01. The predicted molar refractivity (Wildman–Crippen MR) is 114 cm³/mol. The molecule has 0 radical (unpaired) electrons. The predicted octanol–water partition coefficient (Wildman–Crippen LogP) is 3.21. The van der Waals surface area contributed by atoms with Crippen LogP contribution in [0.2, 0.25) is 0 Å². The standard InChI is InChI=1S/C23H30N2O2S/c26-21-19-28-23(11-5-2-6-12-23)25(21)16-8-7-15-24-17-13-22(27,14-18-24)20-9-3-1-4-10-20/h1,3-4,9-10,27H,2,5-6,11-19H2. The Morgan fingerprint density at radius 3 is 2.36 bits per heavy atom. The molecule has 2 saturated heterocycles. The van der Waals surface area contributed by atoms with Gasteiger partial charge in [-0.15, -0.1) is 11.8 Å². The number of rotatable bonds is 3. The van der Waals surface area contributed by atoms with E-state index in [9.17, 15) is 9.90 Å². The zero-order valence-corrected chi connectivity index (χ0v) is 17.3. The molecule has 0 unspecified atom stereocenters. The zero-order chi connectivity index (χ0) is 19.5. The first-order valence-corrected chi connectivity index (χ1v) is 11.5. The molecule has 2 heterocycles. The lowest BCUT2D eigenvalue weighted by Crippen LogP contribution is -2.45. The van der Waals surface area contributed by atoms with Crippen LogP contribution >= 0.6 is 11.8 Å². The van der Waals surface area contributed by atoms with Crippen molar-refractivity contribution in [1.82, 2.24) is 9.80 Å². The third kappa shape index (κ3) is 4.10. The van der Waals surface area contributed by atoms with Crippen molar-refractivity contribution in [3.05, 3.63) is 35.9 Å². The number of aliphatic hydroxyl groups is 1. The fraction of sp³-hybridized carbons (Fsp3) is 0.609. The Hall–Kier alpha value is -1.48. The molecule has 4 nitrogen and oxygen atoms in total. The van der Waals surface area contributed by atoms with Gasteiger partial charge >= 0.3 is 0 Å². The summed E-state index contributed by atoms with van der Waals surface area (Å²) < 4.78 is 0. The number of hydrogen-bond donors (Lipinski definition) is 1. The summed E-state index contributed by atoms with van der Waals surface area (Å²) in [5, 5.41) is 10.9. The average molecular weight is 399 g/mol. The molecule has 1 spiro atoms. The third-order valence-corrected chi connectivity index (χ3v) is 8.11. The number of nitrogens with zero attached hydrogens (tertiary/aromatic N) is 2. The van der Waals surface area contributed by atoms with Crippen LogP contribution < -0.4 is 0 Å². The summed E-state index contributed by atoms with van der Waals surface area (Å²) in [5.74, 6) is 7.42. The second-order valence-electron chi connectivity index (χ2n) is 8.30. The lowest BCUT2D eigenvalue weighted by atomic mass is 9.84. The van der Waals surface area contributed by atoms with Gasteiger partial charge in [0.1, 0.15) is 0 Å². The minimum Gasteiger partial charge on any atom is -0.385 e. The van der Waals surface area contributed by atoms with Gasteiger partial charge in [0, 0.05) is 13.1 Å². The molecule has 3 aliphatic rings. The van der Waals surface area contributed by atoms with Gasteiger partial charge in [0.25, 0.3) is 0 Å². The van der Waals surface area contributed by atoms with Crippen molar-refractivity contribution in [2.45, 2.75) is 55.4 Å². The maximum atomic E-state index is 12.3. The highest BCUT2D eigenvalue weighted by Gasteiger charge is 2.46. The van der Waals surface area contributed by atoms with E-state index in [4.69, 9.17) is 0 Å². The Labute approximate surface area is 172 Å². The molecule has 1 aliphatic carbocycles. The minimum atomic E-state index is -0.711. The maximum absolute atomic E-state index is 12.3. The molecule has 0 atom stereocenters. The Morgan fingerprint density at radius 2 is 1.64 bits per heavy atom. The summed E-state index contributed by atoms with van der Waals surface area (Å²) in [5.41, 5.74) is 0.307. The summed E-state index contributed by atoms with van der Waals surface area (Å²) in [6, 6.07) is 9.99. The van der Waals surface area contributed by atoms with E-state index in [0.717, 1.165) is 44.3 Å². The molecule has 0 aromatic heterocycles. The van der Waals surface area contributed by atoms with Crippen LogP contribution in [0.15, 0.2) is 30.3 Å². The molecule has 3 fully saturated rings. The molecule has 1 N–H and O–H groups in total. The van der Waals surface area contributed by atoms with Gasteiger partial charge in [-0.3, -0.25) is 9.69 Å². The number of hydrogen-bond acceptors (Lipinski definition) is 4. The second-order valence-corrected chi connectivity index (χ2v) is 9.64. The zero-order valence-electron chi connectivity index (χ0n) is 16.5. The van der Waals surface area contributed by atoms with E-state index in [-0.39, 0.29) is 10.8 Å². The Balaban J connectivity index is 1.28. The molecule has 5 heteroatoms. The lowest BCUT2D eigenvalue weighted by Gasteiger charge is -2.39. The van der Waals surface area contributed by atoms with Crippen LogP contribution in [0, 0.1) is 11.8 Å². The van der Waals surface area contributed by atoms with Crippen LogP contribution in [-0.2, 0) is 10.4 Å². The summed E-state index contributed by atoms with van der Waals surface area (Å²) >= 11 is 1.84. The first kappa shape index (κ1) is 19.8. The Morgan fingerprint density at radius 1 is 0.964 bits per heavy atom. The molecule has 1 aromatic carbocycles. The lowest BCUT2D eigenvalue weighted by molar-refractivity contribution is -0.130. The van der Waals surface area contributed by atoms with Gasteiger partial charge in [0.05, 0.1) is 29.3 Å². The van der Waals surface area contributed by atoms with E-state index in [1.54, 1.807) is 0 Å². The highest BCUT2D eigenvalue weighted by atomic mass is 32.2. The van der Waals surface area contributed by atoms with Gasteiger partial charge in [-0.1, -0.05) is 61.4 Å². The Bertz CT molecular complexity index is 741. The van der Waals surface area contributed by atoms with E-state index >= 15 is 0 Å². The number of benzene rings is 1. The van der Waals surface area contributed by atoms with Gasteiger partial charge < -0.3 is 10.0 Å². The highest BCUT2D eigenvalue weighted by Crippen LogP contribution is 2.46. The van der Waals surface area contributed by atoms with E-state index in [2.05, 4.69) is 16.7 Å². The minimum absolute atomic E-state index is 0.0291. The normalized spacial score (nSPS) is 24.2. The summed E-state index contributed by atoms with van der Waals surface area (Å²) in [7, 11) is 0. The average Bonchev–Trinajstić information content (AvgIpc) is 3.03. The summed E-state index contributed by atoms with van der Waals surface area (Å²) in [4.78, 5) is 16.7. The van der Waals surface area contributed by atoms with E-state index in [1.165, 1.54) is 19.3 Å². The second kappa shape index (κ2) is 8.49. The summed E-state index contributed by atoms with van der Waals surface area (Å²) in [6.07, 6.45) is 7.46. The van der Waals surface area contributed by atoms with E-state index < -0.39 is 5.60 Å². The number of likely N-dealkylation sites (tertiary alicyclic amines) is 1. The molecule has 4 rings (SSSR count). The largest absolute Gasteiger partial charge is 0.385 e. The number of carbonyl (C=O) groups excluding carboxylic acids is 1. The molecule has 1 amide bonds. The molecule has 1 saturated carbocycles. The number of thioether (sulfide) groups is 1. The van der Waals surface area contributed by atoms with Crippen molar-refractivity contribution >= 4 is 17.7 Å². The molecule has 28 heavy (non-hydrogen) atoms. The van der Waals surface area contributed by atoms with Crippen molar-refractivity contribution in [2.24, 2.45) is 0 Å². The van der Waals surface area contributed by atoms with Crippen LogP contribution in [0.1, 0.15) is 50.5 Å². The molecule has 2 aliphatic heterocycles. The van der Waals surface area contributed by atoms with Gasteiger partial charge in [0.2, 0.25) is 5.91 Å². The quantitative estimate of drug-likeness (QED) is 0.794. The molecule has 1 aromatic rings. The van der Waals surface area contributed by atoms with Gasteiger partial charge in [0.15, 0.2) is 0 Å². The van der Waals surface area contributed by atoms with Crippen molar-refractivity contribution < 1.29 is 9.90 Å². The van der Waals surface area contributed by atoms with Crippen LogP contribution in [-0.4, -0.2) is 57.6 Å². The van der Waals surface area contributed by atoms with Gasteiger partial charge in [-0.05, 0) is 31.2 Å². The highest BCUT2D eigenvalue weighted by molar-refractivity contribution is 8.01. The maximum Gasteiger partial charge on any atom is 0.234 e. The fourth-order valence-corrected chi connectivity index (χ4v) is 6.20. The number of piperidine rings is 1. The van der Waals surface area contributed by atoms with Crippen molar-refractivity contribution in [1.29, 1.82) is 0 Å². The summed E-state index contributed by atoms with van der Waals surface area (Å²) in [6.45, 7) is 2.98. The third-order valence-electron chi connectivity index (χ3n) is 6.55. The molecule has 150 valence electrons. The van der Waals surface area contributed by atoms with Crippen LogP contribution in [0.25, 0.3) is 0 Å². The van der Waals surface area contributed by atoms with E-state index in [0.29, 0.717) is 18.8 Å². The van der Waals surface area contributed by atoms with Crippen molar-refractivity contribution in [3.63, 3.8) is 0 Å². The van der Waals surface area contributed by atoms with Crippen LogP contribution in [0.5, 0.6) is 0 Å². The van der Waals surface area contributed by atoms with Crippen LogP contribution in [0.4, 0.5) is 0 Å². The first-order valence-electron chi connectivity index (χ1n) is 10.5. The van der Waals surface area contributed by atoms with Crippen molar-refractivity contribution in [2.75, 3.05) is 31.9 Å². The fourth-order valence-electron chi connectivity index (χ4n) is 4.75. The molecular formula is C23H30N2O2S. The number of carbonyl (C=O) groups is 1. The monoisotopic (exact) mass is 398 g/mol. The SMILES string of the molecule is O=C1CSC2(CCCCC2)N1CC#CCN1CCC(O)(c2ccccc2)CC1. The molecular weight excluding hydrogens is 368 g/mol. The topological polar surface area (TPSA) is 43.8 Å². The smallest absolute Gasteiger partial charge is 0.234 e. The van der Waals surface area contributed by atoms with Gasteiger partial charge in [-0.2, -0.15) is 0 Å². The number of amides is 1. The van der Waals surface area contributed by atoms with Crippen LogP contribution in [0.3, 0.4) is 0 Å². The first-order chi connectivity index (χ1) is 13.6. The molecule has 0 bridgehead atoms. The van der Waals surface area contributed by atoms with Gasteiger partial charge in [-0.25, -0.2) is 0 Å². The van der Waals surface area contributed by atoms with Crippen molar-refractivity contribution in [3.8, 4) is 11.8 Å². The van der Waals surface area contributed by atoms with E-state index in [1.807, 2.05) is 47.0 Å².